The summed E-state index contributed by atoms with van der Waals surface area (Å²) in [4.78, 5) is 13.1. The van der Waals surface area contributed by atoms with Gasteiger partial charge in [-0.3, -0.25) is 0 Å². The van der Waals surface area contributed by atoms with Gasteiger partial charge in [0.25, 0.3) is 0 Å². The predicted molar refractivity (Wildman–Crippen MR) is 120 cm³/mol. The van der Waals surface area contributed by atoms with E-state index in [-0.39, 0.29) is 35.9 Å². The van der Waals surface area contributed by atoms with Gasteiger partial charge >= 0.3 is 0 Å². The van der Waals surface area contributed by atoms with Gasteiger partial charge in [0.2, 0.25) is 17.8 Å². The average Bonchev–Trinajstić information content (AvgIpc) is 2.76. The second-order valence-corrected chi connectivity index (χ2v) is 6.41. The molecule has 6 nitrogen and oxygen atoms in total. The van der Waals surface area contributed by atoms with E-state index in [1.165, 1.54) is 24.3 Å². The van der Waals surface area contributed by atoms with Crippen LogP contribution in [0, 0.1) is 11.6 Å². The molecule has 4 rings (SSSR count). The van der Waals surface area contributed by atoms with Crippen molar-refractivity contribution < 1.29 is 8.78 Å². The molecule has 31 heavy (non-hydrogen) atoms. The molecule has 0 amide bonds. The van der Waals surface area contributed by atoms with Gasteiger partial charge in [-0.15, -0.1) is 12.4 Å². The molecule has 0 aliphatic carbocycles. The summed E-state index contributed by atoms with van der Waals surface area (Å²) >= 11 is 0. The van der Waals surface area contributed by atoms with Crippen LogP contribution in [0.4, 0.5) is 38.0 Å². The molecule has 1 aromatic heterocycles. The normalized spacial score (nSPS) is 10.1. The van der Waals surface area contributed by atoms with E-state index in [0.29, 0.717) is 23.9 Å². The number of benzene rings is 3. The van der Waals surface area contributed by atoms with E-state index in [0.717, 1.165) is 5.56 Å². The third kappa shape index (κ3) is 6.35. The summed E-state index contributed by atoms with van der Waals surface area (Å²) in [6.45, 7) is 0.525. The quantitative estimate of drug-likeness (QED) is 0.344. The summed E-state index contributed by atoms with van der Waals surface area (Å²) in [5.41, 5.74) is 2.33. The molecular weight excluding hydrogens is 422 g/mol. The van der Waals surface area contributed by atoms with Crippen LogP contribution in [0.25, 0.3) is 0 Å². The molecule has 0 bridgehead atoms. The van der Waals surface area contributed by atoms with Crippen LogP contribution in [-0.2, 0) is 6.54 Å². The van der Waals surface area contributed by atoms with Crippen molar-refractivity contribution in [2.75, 3.05) is 16.0 Å². The van der Waals surface area contributed by atoms with E-state index in [4.69, 9.17) is 0 Å². The monoisotopic (exact) mass is 440 g/mol. The topological polar surface area (TPSA) is 74.8 Å². The van der Waals surface area contributed by atoms with Gasteiger partial charge in [0.05, 0.1) is 0 Å². The number of anilines is 5. The van der Waals surface area contributed by atoms with Crippen molar-refractivity contribution in [2.45, 2.75) is 6.54 Å². The molecule has 0 atom stereocenters. The summed E-state index contributed by atoms with van der Waals surface area (Å²) in [7, 11) is 0. The van der Waals surface area contributed by atoms with Crippen LogP contribution in [0.1, 0.15) is 5.56 Å². The highest BCUT2D eigenvalue weighted by Crippen LogP contribution is 2.19. The molecule has 9 heteroatoms. The standard InChI is InChI=1S/C22H18F2N6.ClH/c23-16-6-10-18(11-7-16)26-21-28-20(25-14-15-4-2-1-3-5-15)29-22(30-21)27-19-12-8-17(24)9-13-19;/h1-13H,14H2,(H3,25,26,27,28,29,30);1H. The maximum absolute atomic E-state index is 13.2. The summed E-state index contributed by atoms with van der Waals surface area (Å²) in [6, 6.07) is 21.5. The van der Waals surface area contributed by atoms with Crippen LogP contribution in [0.5, 0.6) is 0 Å². The Kier molecular flexibility index (Phi) is 7.29. The van der Waals surface area contributed by atoms with Gasteiger partial charge in [0, 0.05) is 17.9 Å². The lowest BCUT2D eigenvalue weighted by molar-refractivity contribution is 0.627. The Bertz CT molecular complexity index is 1040. The van der Waals surface area contributed by atoms with Crippen molar-refractivity contribution in [2.24, 2.45) is 0 Å². The van der Waals surface area contributed by atoms with E-state index >= 15 is 0 Å². The molecule has 4 aromatic rings. The fourth-order valence-electron chi connectivity index (χ4n) is 2.67. The SMILES string of the molecule is Cl.Fc1ccc(Nc2nc(NCc3ccccc3)nc(Nc3ccc(F)cc3)n2)cc1. The molecule has 1 heterocycles. The zero-order valence-corrected chi connectivity index (χ0v) is 17.0. The highest BCUT2D eigenvalue weighted by atomic mass is 35.5. The highest BCUT2D eigenvalue weighted by Gasteiger charge is 2.08. The first kappa shape index (κ1) is 21.9. The molecule has 0 saturated heterocycles. The number of nitrogens with zero attached hydrogens (tertiary/aromatic N) is 3. The fraction of sp³-hybridized carbons (Fsp3) is 0.0455. The smallest absolute Gasteiger partial charge is 0.233 e. The molecule has 3 N–H and O–H groups in total. The Hall–Kier alpha value is -3.78. The van der Waals surface area contributed by atoms with Gasteiger partial charge in [0.1, 0.15) is 11.6 Å². The molecule has 0 spiro atoms. The first-order valence-corrected chi connectivity index (χ1v) is 9.23. The van der Waals surface area contributed by atoms with Gasteiger partial charge in [0.15, 0.2) is 0 Å². The molecule has 0 aliphatic heterocycles. The molecular formula is C22H19ClF2N6. The number of halogens is 3. The van der Waals surface area contributed by atoms with E-state index in [2.05, 4.69) is 30.9 Å². The summed E-state index contributed by atoms with van der Waals surface area (Å²) in [5, 5.41) is 9.24. The molecule has 158 valence electrons. The van der Waals surface area contributed by atoms with Gasteiger partial charge in [-0.25, -0.2) is 8.78 Å². The lowest BCUT2D eigenvalue weighted by Crippen LogP contribution is -2.09. The van der Waals surface area contributed by atoms with Crippen molar-refractivity contribution >= 4 is 41.6 Å². The van der Waals surface area contributed by atoms with Crippen LogP contribution in [0.2, 0.25) is 0 Å². The molecule has 3 aromatic carbocycles. The number of aromatic nitrogens is 3. The summed E-state index contributed by atoms with van der Waals surface area (Å²) < 4.78 is 26.3. The fourth-order valence-corrected chi connectivity index (χ4v) is 2.67. The molecule has 0 saturated carbocycles. The summed E-state index contributed by atoms with van der Waals surface area (Å²) in [5.74, 6) is 0.233. The summed E-state index contributed by atoms with van der Waals surface area (Å²) in [6.07, 6.45) is 0. The largest absolute Gasteiger partial charge is 0.350 e. The average molecular weight is 441 g/mol. The number of rotatable bonds is 7. The van der Waals surface area contributed by atoms with Crippen LogP contribution in [-0.4, -0.2) is 15.0 Å². The van der Waals surface area contributed by atoms with Crippen molar-refractivity contribution in [3.05, 3.63) is 96.1 Å². The minimum Gasteiger partial charge on any atom is -0.350 e. The van der Waals surface area contributed by atoms with Gasteiger partial charge < -0.3 is 16.0 Å². The van der Waals surface area contributed by atoms with Gasteiger partial charge in [-0.1, -0.05) is 30.3 Å². The van der Waals surface area contributed by atoms with Crippen LogP contribution in [0.3, 0.4) is 0 Å². The van der Waals surface area contributed by atoms with E-state index in [9.17, 15) is 8.78 Å². The van der Waals surface area contributed by atoms with E-state index in [1.54, 1.807) is 24.3 Å². The van der Waals surface area contributed by atoms with Gasteiger partial charge in [-0.2, -0.15) is 15.0 Å². The van der Waals surface area contributed by atoms with Crippen LogP contribution in [0.15, 0.2) is 78.9 Å². The molecule has 0 unspecified atom stereocenters. The minimum atomic E-state index is -0.333. The Morgan fingerprint density at radius 2 is 1.03 bits per heavy atom. The lowest BCUT2D eigenvalue weighted by Gasteiger charge is -2.11. The Morgan fingerprint density at radius 3 is 1.52 bits per heavy atom. The predicted octanol–water partition coefficient (Wildman–Crippen LogP) is 5.67. The zero-order valence-electron chi connectivity index (χ0n) is 16.2. The maximum Gasteiger partial charge on any atom is 0.233 e. The Labute approximate surface area is 184 Å². The van der Waals surface area contributed by atoms with Crippen LogP contribution >= 0.6 is 12.4 Å². The van der Waals surface area contributed by atoms with Crippen molar-refractivity contribution in [3.8, 4) is 0 Å². The zero-order chi connectivity index (χ0) is 20.8. The first-order valence-electron chi connectivity index (χ1n) is 9.23. The number of hydrogen-bond acceptors (Lipinski definition) is 6. The second-order valence-electron chi connectivity index (χ2n) is 6.41. The van der Waals surface area contributed by atoms with Crippen molar-refractivity contribution in [3.63, 3.8) is 0 Å². The van der Waals surface area contributed by atoms with Crippen molar-refractivity contribution in [1.82, 2.24) is 15.0 Å². The van der Waals surface area contributed by atoms with Crippen LogP contribution < -0.4 is 16.0 Å². The number of nitrogens with one attached hydrogen (secondary N) is 3. The second kappa shape index (κ2) is 10.3. The minimum absolute atomic E-state index is 0. The highest BCUT2D eigenvalue weighted by molar-refractivity contribution is 5.85. The van der Waals surface area contributed by atoms with E-state index < -0.39 is 0 Å². The lowest BCUT2D eigenvalue weighted by atomic mass is 10.2. The molecule has 0 radical (unpaired) electrons. The Balaban J connectivity index is 0.00000272. The Morgan fingerprint density at radius 1 is 0.581 bits per heavy atom. The van der Waals surface area contributed by atoms with E-state index in [1.807, 2.05) is 30.3 Å². The molecule has 0 fully saturated rings. The third-order valence-corrected chi connectivity index (χ3v) is 4.13. The van der Waals surface area contributed by atoms with Crippen molar-refractivity contribution in [1.29, 1.82) is 0 Å². The number of hydrogen-bond donors (Lipinski definition) is 3. The molecule has 0 aliphatic rings. The van der Waals surface area contributed by atoms with Gasteiger partial charge in [-0.05, 0) is 54.1 Å². The maximum atomic E-state index is 13.2. The third-order valence-electron chi connectivity index (χ3n) is 4.13. The first-order chi connectivity index (χ1) is 14.6.